The van der Waals surface area contributed by atoms with Crippen LogP contribution in [-0.2, 0) is 6.54 Å². The van der Waals surface area contributed by atoms with E-state index in [0.717, 1.165) is 38.0 Å². The number of carbonyl (C=O) groups is 1. The van der Waals surface area contributed by atoms with Crippen LogP contribution in [0, 0.1) is 18.3 Å². The van der Waals surface area contributed by atoms with E-state index in [1.54, 1.807) is 6.07 Å². The first-order valence-corrected chi connectivity index (χ1v) is 8.98. The number of aliphatic hydroxyl groups is 1. The quantitative estimate of drug-likeness (QED) is 0.817. The van der Waals surface area contributed by atoms with Gasteiger partial charge in [0.2, 0.25) is 0 Å². The second kappa shape index (κ2) is 8.66. The Balaban J connectivity index is 1.57. The molecule has 0 spiro atoms. The van der Waals surface area contributed by atoms with Crippen LogP contribution in [0.3, 0.4) is 0 Å². The molecule has 134 valence electrons. The zero-order valence-electron chi connectivity index (χ0n) is 14.8. The number of nitrogens with one attached hydrogen (secondary N) is 1. The van der Waals surface area contributed by atoms with Gasteiger partial charge in [-0.25, -0.2) is 0 Å². The number of carbonyl (C=O) groups excluding carboxylic acids is 1. The Morgan fingerprint density at radius 1 is 1.19 bits per heavy atom. The van der Waals surface area contributed by atoms with E-state index in [9.17, 15) is 9.90 Å². The minimum absolute atomic E-state index is 0.144. The Morgan fingerprint density at radius 3 is 2.58 bits per heavy atom. The van der Waals surface area contributed by atoms with Crippen LogP contribution >= 0.6 is 0 Å². The molecule has 0 saturated carbocycles. The topological polar surface area (TPSA) is 52.6 Å². The second-order valence-corrected chi connectivity index (χ2v) is 6.78. The van der Waals surface area contributed by atoms with Crippen molar-refractivity contribution in [1.29, 1.82) is 0 Å². The van der Waals surface area contributed by atoms with E-state index in [4.69, 9.17) is 6.42 Å². The van der Waals surface area contributed by atoms with Gasteiger partial charge in [-0.3, -0.25) is 9.69 Å². The van der Waals surface area contributed by atoms with Gasteiger partial charge in [-0.05, 0) is 67.7 Å². The molecule has 0 bridgehead atoms. The molecule has 4 nitrogen and oxygen atoms in total. The van der Waals surface area contributed by atoms with Crippen LogP contribution in [0.1, 0.15) is 34.3 Å². The van der Waals surface area contributed by atoms with Gasteiger partial charge in [0.05, 0.1) is 0 Å². The lowest BCUT2D eigenvalue weighted by molar-refractivity contribution is 0.102. The minimum Gasteiger partial charge on any atom is -0.396 e. The predicted molar refractivity (Wildman–Crippen MR) is 104 cm³/mol. The van der Waals surface area contributed by atoms with Crippen molar-refractivity contribution in [3.8, 4) is 12.3 Å². The predicted octanol–water partition coefficient (Wildman–Crippen LogP) is 3.12. The Hall–Kier alpha value is -2.61. The van der Waals surface area contributed by atoms with Crippen LogP contribution in [0.2, 0.25) is 0 Å². The highest BCUT2D eigenvalue weighted by Crippen LogP contribution is 2.19. The number of anilines is 1. The number of hydrogen-bond donors (Lipinski definition) is 2. The van der Waals surface area contributed by atoms with E-state index in [2.05, 4.69) is 16.1 Å². The lowest BCUT2D eigenvalue weighted by atomic mass is 9.97. The minimum atomic E-state index is -0.144. The summed E-state index contributed by atoms with van der Waals surface area (Å²) in [5, 5.41) is 12.1. The maximum atomic E-state index is 12.4. The van der Waals surface area contributed by atoms with Crippen molar-refractivity contribution >= 4 is 11.6 Å². The molecule has 2 aromatic rings. The molecule has 1 saturated heterocycles. The van der Waals surface area contributed by atoms with Crippen molar-refractivity contribution in [1.82, 2.24) is 4.90 Å². The number of hydrogen-bond acceptors (Lipinski definition) is 3. The zero-order valence-corrected chi connectivity index (χ0v) is 14.8. The molecular weight excluding hydrogens is 324 g/mol. The van der Waals surface area contributed by atoms with Gasteiger partial charge in [0.1, 0.15) is 0 Å². The standard InChI is InChI=1S/C22H24N2O2/c1-2-17-4-3-5-21(14-17)23-22(26)20-8-6-18(7-9-20)15-24-12-10-19(16-25)11-13-24/h1,3-9,14,19,25H,10-13,15-16H2,(H,23,26). The van der Waals surface area contributed by atoms with Crippen molar-refractivity contribution in [2.75, 3.05) is 25.0 Å². The summed E-state index contributed by atoms with van der Waals surface area (Å²) in [5.74, 6) is 2.87. The van der Waals surface area contributed by atoms with Crippen LogP contribution < -0.4 is 5.32 Å². The average molecular weight is 348 g/mol. The first kappa shape index (κ1) is 18.2. The second-order valence-electron chi connectivity index (χ2n) is 6.78. The number of nitrogens with zero attached hydrogens (tertiary/aromatic N) is 1. The SMILES string of the molecule is C#Cc1cccc(NC(=O)c2ccc(CN3CCC(CO)CC3)cc2)c1. The normalized spacial score (nSPS) is 15.4. The molecule has 3 rings (SSSR count). The smallest absolute Gasteiger partial charge is 0.255 e. The van der Waals surface area contributed by atoms with Crippen LogP contribution in [0.5, 0.6) is 0 Å². The molecular formula is C22H24N2O2. The number of piperidine rings is 1. The molecule has 2 aromatic carbocycles. The summed E-state index contributed by atoms with van der Waals surface area (Å²) in [5.41, 5.74) is 3.25. The molecule has 0 aromatic heterocycles. The van der Waals surface area contributed by atoms with Crippen LogP contribution in [0.4, 0.5) is 5.69 Å². The van der Waals surface area contributed by atoms with E-state index < -0.39 is 0 Å². The molecule has 26 heavy (non-hydrogen) atoms. The summed E-state index contributed by atoms with van der Waals surface area (Å²) >= 11 is 0. The zero-order chi connectivity index (χ0) is 18.4. The lowest BCUT2D eigenvalue weighted by Gasteiger charge is -2.31. The number of aliphatic hydroxyl groups excluding tert-OH is 1. The van der Waals surface area contributed by atoms with E-state index in [1.807, 2.05) is 42.5 Å². The highest BCUT2D eigenvalue weighted by molar-refractivity contribution is 6.04. The van der Waals surface area contributed by atoms with Gasteiger partial charge in [-0.1, -0.05) is 24.1 Å². The lowest BCUT2D eigenvalue weighted by Crippen LogP contribution is -2.34. The van der Waals surface area contributed by atoms with Gasteiger partial charge in [-0.2, -0.15) is 0 Å². The first-order valence-electron chi connectivity index (χ1n) is 8.98. The molecule has 1 aliphatic heterocycles. The Morgan fingerprint density at radius 2 is 1.92 bits per heavy atom. The number of terminal acetylenes is 1. The molecule has 0 atom stereocenters. The highest BCUT2D eigenvalue weighted by atomic mass is 16.3. The third-order valence-corrected chi connectivity index (χ3v) is 4.87. The summed E-state index contributed by atoms with van der Waals surface area (Å²) in [7, 11) is 0. The van der Waals surface area contributed by atoms with E-state index >= 15 is 0 Å². The molecule has 4 heteroatoms. The van der Waals surface area contributed by atoms with E-state index in [0.29, 0.717) is 23.8 Å². The molecule has 2 N–H and O–H groups in total. The van der Waals surface area contributed by atoms with Crippen LogP contribution in [-0.4, -0.2) is 35.6 Å². The first-order chi connectivity index (χ1) is 12.7. The number of likely N-dealkylation sites (tertiary alicyclic amines) is 1. The maximum Gasteiger partial charge on any atom is 0.255 e. The van der Waals surface area contributed by atoms with Crippen LogP contribution in [0.25, 0.3) is 0 Å². The van der Waals surface area contributed by atoms with Crippen molar-refractivity contribution in [2.24, 2.45) is 5.92 Å². The number of rotatable bonds is 5. The van der Waals surface area contributed by atoms with Gasteiger partial charge in [0.15, 0.2) is 0 Å². The monoisotopic (exact) mass is 348 g/mol. The van der Waals surface area contributed by atoms with E-state index in [1.165, 1.54) is 5.56 Å². The Bertz CT molecular complexity index is 785. The average Bonchev–Trinajstić information content (AvgIpc) is 2.69. The Kier molecular flexibility index (Phi) is 6.06. The van der Waals surface area contributed by atoms with Crippen molar-refractivity contribution in [3.63, 3.8) is 0 Å². The van der Waals surface area contributed by atoms with Crippen molar-refractivity contribution in [3.05, 3.63) is 65.2 Å². The largest absolute Gasteiger partial charge is 0.396 e. The van der Waals surface area contributed by atoms with Gasteiger partial charge >= 0.3 is 0 Å². The fourth-order valence-electron chi connectivity index (χ4n) is 3.24. The molecule has 0 unspecified atom stereocenters. The van der Waals surface area contributed by atoms with Gasteiger partial charge in [0, 0.05) is 30.0 Å². The molecule has 1 amide bonds. The number of amides is 1. The fraction of sp³-hybridized carbons (Fsp3) is 0.318. The van der Waals surface area contributed by atoms with Gasteiger partial charge in [-0.15, -0.1) is 6.42 Å². The third-order valence-electron chi connectivity index (χ3n) is 4.87. The third kappa shape index (κ3) is 4.72. The summed E-state index contributed by atoms with van der Waals surface area (Å²) in [6, 6.07) is 15.0. The molecule has 1 fully saturated rings. The highest BCUT2D eigenvalue weighted by Gasteiger charge is 2.18. The Labute approximate surface area is 154 Å². The summed E-state index contributed by atoms with van der Waals surface area (Å²) < 4.78 is 0. The van der Waals surface area contributed by atoms with Crippen molar-refractivity contribution in [2.45, 2.75) is 19.4 Å². The summed E-state index contributed by atoms with van der Waals surface area (Å²) in [6.07, 6.45) is 7.49. The van der Waals surface area contributed by atoms with Gasteiger partial charge < -0.3 is 10.4 Å². The maximum absolute atomic E-state index is 12.4. The molecule has 0 radical (unpaired) electrons. The van der Waals surface area contributed by atoms with E-state index in [-0.39, 0.29) is 5.91 Å². The van der Waals surface area contributed by atoms with Crippen molar-refractivity contribution < 1.29 is 9.90 Å². The number of benzene rings is 2. The molecule has 1 aliphatic rings. The molecule has 0 aliphatic carbocycles. The van der Waals surface area contributed by atoms with Gasteiger partial charge in [0.25, 0.3) is 5.91 Å². The fourth-order valence-corrected chi connectivity index (χ4v) is 3.24. The van der Waals surface area contributed by atoms with Crippen LogP contribution in [0.15, 0.2) is 48.5 Å². The summed E-state index contributed by atoms with van der Waals surface area (Å²) in [6.45, 7) is 3.20. The summed E-state index contributed by atoms with van der Waals surface area (Å²) in [4.78, 5) is 14.8. The molecule has 1 heterocycles.